The van der Waals surface area contributed by atoms with E-state index in [0.717, 1.165) is 0 Å². The molecule has 0 aliphatic carbocycles. The zero-order valence-electron chi connectivity index (χ0n) is 12.7. The maximum atomic E-state index is 13.5. The van der Waals surface area contributed by atoms with Gasteiger partial charge in [0.05, 0.1) is 5.69 Å². The molecule has 0 spiro atoms. The second-order valence-corrected chi connectivity index (χ2v) is 4.88. The van der Waals surface area contributed by atoms with Crippen LogP contribution in [0.1, 0.15) is 0 Å². The van der Waals surface area contributed by atoms with Gasteiger partial charge >= 0.3 is 6.03 Å². The van der Waals surface area contributed by atoms with Gasteiger partial charge in [0, 0.05) is 37.9 Å². The van der Waals surface area contributed by atoms with Crippen molar-refractivity contribution < 1.29 is 9.18 Å². The average Bonchev–Trinajstić information content (AvgIpc) is 3.06. The fourth-order valence-electron chi connectivity index (χ4n) is 2.13. The lowest BCUT2D eigenvalue weighted by atomic mass is 10.3. The van der Waals surface area contributed by atoms with Crippen LogP contribution in [0.15, 0.2) is 55.1 Å². The van der Waals surface area contributed by atoms with E-state index in [9.17, 15) is 9.18 Å². The van der Waals surface area contributed by atoms with Gasteiger partial charge in [-0.1, -0.05) is 12.1 Å². The van der Waals surface area contributed by atoms with Gasteiger partial charge in [-0.2, -0.15) is 0 Å². The fraction of sp³-hybridized carbons (Fsp3) is 0.125. The van der Waals surface area contributed by atoms with Crippen molar-refractivity contribution in [1.82, 2.24) is 24.8 Å². The maximum Gasteiger partial charge on any atom is 0.319 e. The number of benzene rings is 1. The summed E-state index contributed by atoms with van der Waals surface area (Å²) < 4.78 is 15.3. The number of anilines is 1. The van der Waals surface area contributed by atoms with Crippen LogP contribution in [0.25, 0.3) is 11.6 Å². The number of nitrogens with one attached hydrogen (secondary N) is 2. The molecule has 0 unspecified atom stereocenters. The first-order chi connectivity index (χ1) is 11.7. The molecule has 1 aromatic carbocycles. The maximum absolute atomic E-state index is 13.5. The Hall–Kier alpha value is -3.29. The Morgan fingerprint density at radius 2 is 1.88 bits per heavy atom. The number of carbonyl (C=O) groups is 1. The molecule has 2 N–H and O–H groups in total. The molecule has 24 heavy (non-hydrogen) atoms. The molecule has 3 aromatic rings. The fourth-order valence-corrected chi connectivity index (χ4v) is 2.13. The lowest BCUT2D eigenvalue weighted by Crippen LogP contribution is -2.31. The molecular formula is C16H15FN6O. The molecular weight excluding hydrogens is 311 g/mol. The van der Waals surface area contributed by atoms with Gasteiger partial charge in [-0.05, 0) is 18.2 Å². The number of halogens is 1. The molecule has 0 saturated heterocycles. The molecule has 8 heteroatoms. The van der Waals surface area contributed by atoms with Gasteiger partial charge in [0.15, 0.2) is 11.6 Å². The van der Waals surface area contributed by atoms with Crippen LogP contribution in [0.5, 0.6) is 0 Å². The molecule has 0 fully saturated rings. The molecule has 0 aliphatic heterocycles. The predicted octanol–water partition coefficient (Wildman–Crippen LogP) is 2.30. The third kappa shape index (κ3) is 3.72. The van der Waals surface area contributed by atoms with Crippen LogP contribution in [-0.2, 0) is 6.54 Å². The summed E-state index contributed by atoms with van der Waals surface area (Å²) in [4.78, 5) is 24.3. The monoisotopic (exact) mass is 326 g/mol. The molecule has 0 aliphatic rings. The Morgan fingerprint density at radius 3 is 2.67 bits per heavy atom. The molecule has 2 amide bonds. The van der Waals surface area contributed by atoms with E-state index in [4.69, 9.17) is 0 Å². The normalized spacial score (nSPS) is 10.4. The second kappa shape index (κ2) is 7.32. The van der Waals surface area contributed by atoms with E-state index in [1.54, 1.807) is 43.0 Å². The number of aromatic nitrogens is 4. The Kier molecular flexibility index (Phi) is 4.76. The first kappa shape index (κ1) is 15.6. The summed E-state index contributed by atoms with van der Waals surface area (Å²) in [5, 5.41) is 5.13. The molecule has 122 valence electrons. The SMILES string of the molecule is O=C(NCCn1ccnc1-c1ncccn1)Nc1ccccc1F. The standard InChI is InChI=1S/C16H15FN6O/c17-12-4-1-2-5-13(12)22-16(24)21-9-11-23-10-8-20-15(23)14-18-6-3-7-19-14/h1-8,10H,9,11H2,(H2,21,22,24). The summed E-state index contributed by atoms with van der Waals surface area (Å²) >= 11 is 0. The third-order valence-corrected chi connectivity index (χ3v) is 3.24. The second-order valence-electron chi connectivity index (χ2n) is 4.88. The van der Waals surface area contributed by atoms with E-state index < -0.39 is 11.8 Å². The number of rotatable bonds is 5. The van der Waals surface area contributed by atoms with Crippen molar-refractivity contribution >= 4 is 11.7 Å². The van der Waals surface area contributed by atoms with Crippen LogP contribution in [-0.4, -0.2) is 32.1 Å². The predicted molar refractivity (Wildman–Crippen MR) is 86.7 cm³/mol. The first-order valence-electron chi connectivity index (χ1n) is 7.32. The van der Waals surface area contributed by atoms with E-state index in [1.807, 2.05) is 4.57 Å². The molecule has 2 heterocycles. The minimum atomic E-state index is -0.481. The molecule has 0 bridgehead atoms. The van der Waals surface area contributed by atoms with Gasteiger partial charge in [-0.15, -0.1) is 0 Å². The van der Waals surface area contributed by atoms with E-state index >= 15 is 0 Å². The highest BCUT2D eigenvalue weighted by atomic mass is 19.1. The number of nitrogens with zero attached hydrogens (tertiary/aromatic N) is 4. The number of carbonyl (C=O) groups excluding carboxylic acids is 1. The zero-order valence-corrected chi connectivity index (χ0v) is 12.7. The van der Waals surface area contributed by atoms with Crippen molar-refractivity contribution in [2.75, 3.05) is 11.9 Å². The van der Waals surface area contributed by atoms with Crippen molar-refractivity contribution in [1.29, 1.82) is 0 Å². The minimum absolute atomic E-state index is 0.135. The largest absolute Gasteiger partial charge is 0.336 e. The van der Waals surface area contributed by atoms with E-state index in [0.29, 0.717) is 24.7 Å². The Bertz CT molecular complexity index is 820. The lowest BCUT2D eigenvalue weighted by molar-refractivity contribution is 0.251. The van der Waals surface area contributed by atoms with Gasteiger partial charge in [0.1, 0.15) is 5.82 Å². The van der Waals surface area contributed by atoms with Gasteiger partial charge < -0.3 is 15.2 Å². The molecule has 2 aromatic heterocycles. The van der Waals surface area contributed by atoms with Gasteiger partial charge in [0.25, 0.3) is 0 Å². The summed E-state index contributed by atoms with van der Waals surface area (Å²) in [5.74, 6) is 0.649. The molecule has 0 radical (unpaired) electrons. The molecule has 0 atom stereocenters. The number of hydrogen-bond acceptors (Lipinski definition) is 4. The Labute approximate surface area is 137 Å². The van der Waals surface area contributed by atoms with Crippen LogP contribution in [0.4, 0.5) is 14.9 Å². The number of para-hydroxylation sites is 1. The number of amides is 2. The van der Waals surface area contributed by atoms with Crippen LogP contribution in [0, 0.1) is 5.82 Å². The number of hydrogen-bond donors (Lipinski definition) is 2. The zero-order chi connectivity index (χ0) is 16.8. The third-order valence-electron chi connectivity index (χ3n) is 3.24. The van der Waals surface area contributed by atoms with E-state index in [1.165, 1.54) is 12.1 Å². The molecule has 0 saturated carbocycles. The Morgan fingerprint density at radius 1 is 1.08 bits per heavy atom. The first-order valence-corrected chi connectivity index (χ1v) is 7.32. The topological polar surface area (TPSA) is 84.7 Å². The summed E-state index contributed by atoms with van der Waals surface area (Å²) in [7, 11) is 0. The van der Waals surface area contributed by atoms with Crippen LogP contribution < -0.4 is 10.6 Å². The minimum Gasteiger partial charge on any atom is -0.336 e. The van der Waals surface area contributed by atoms with Crippen LogP contribution in [0.2, 0.25) is 0 Å². The van der Waals surface area contributed by atoms with Gasteiger partial charge in [-0.3, -0.25) is 0 Å². The van der Waals surface area contributed by atoms with Crippen molar-refractivity contribution in [3.8, 4) is 11.6 Å². The van der Waals surface area contributed by atoms with Crippen molar-refractivity contribution in [2.45, 2.75) is 6.54 Å². The van der Waals surface area contributed by atoms with Gasteiger partial charge in [-0.25, -0.2) is 24.1 Å². The van der Waals surface area contributed by atoms with Crippen LogP contribution in [0.3, 0.4) is 0 Å². The van der Waals surface area contributed by atoms with Crippen molar-refractivity contribution in [3.63, 3.8) is 0 Å². The summed E-state index contributed by atoms with van der Waals surface area (Å²) in [6.07, 6.45) is 6.70. The van der Waals surface area contributed by atoms with Crippen LogP contribution >= 0.6 is 0 Å². The smallest absolute Gasteiger partial charge is 0.319 e. The van der Waals surface area contributed by atoms with E-state index in [-0.39, 0.29) is 5.69 Å². The summed E-state index contributed by atoms with van der Waals surface area (Å²) in [6, 6.07) is 7.24. The van der Waals surface area contributed by atoms with Gasteiger partial charge in [0.2, 0.25) is 0 Å². The molecule has 3 rings (SSSR count). The Balaban J connectivity index is 1.55. The van der Waals surface area contributed by atoms with Crippen molar-refractivity contribution in [3.05, 3.63) is 60.9 Å². The summed E-state index contributed by atoms with van der Waals surface area (Å²) in [5.41, 5.74) is 0.135. The quantitative estimate of drug-likeness (QED) is 0.753. The average molecular weight is 326 g/mol. The highest BCUT2D eigenvalue weighted by Crippen LogP contribution is 2.12. The summed E-state index contributed by atoms with van der Waals surface area (Å²) in [6.45, 7) is 0.828. The number of imidazole rings is 1. The highest BCUT2D eigenvalue weighted by molar-refractivity contribution is 5.89. The van der Waals surface area contributed by atoms with E-state index in [2.05, 4.69) is 25.6 Å². The number of urea groups is 1. The highest BCUT2D eigenvalue weighted by Gasteiger charge is 2.09. The van der Waals surface area contributed by atoms with Crippen molar-refractivity contribution in [2.24, 2.45) is 0 Å². The molecule has 7 nitrogen and oxygen atoms in total. The lowest BCUT2D eigenvalue weighted by Gasteiger charge is -2.10.